The molecule has 136 valence electrons. The summed E-state index contributed by atoms with van der Waals surface area (Å²) in [6, 6.07) is 29.4. The van der Waals surface area contributed by atoms with Gasteiger partial charge in [-0.3, -0.25) is 0 Å². The van der Waals surface area contributed by atoms with E-state index in [1.165, 1.54) is 25.5 Å². The van der Waals surface area contributed by atoms with Crippen molar-refractivity contribution in [3.63, 3.8) is 0 Å². The van der Waals surface area contributed by atoms with Crippen LogP contribution in [0.15, 0.2) is 78.9 Å². The zero-order chi connectivity index (χ0) is 18.9. The van der Waals surface area contributed by atoms with E-state index >= 15 is 0 Å². The first-order valence-electron chi connectivity index (χ1n) is 9.55. The highest BCUT2D eigenvalue weighted by Crippen LogP contribution is 2.44. The van der Waals surface area contributed by atoms with Crippen LogP contribution >= 0.6 is 30.6 Å². The van der Waals surface area contributed by atoms with Crippen molar-refractivity contribution >= 4 is 83.8 Å². The van der Waals surface area contributed by atoms with E-state index in [4.69, 9.17) is 0 Å². The predicted octanol–water partition coefficient (Wildman–Crippen LogP) is 5.01. The van der Waals surface area contributed by atoms with E-state index in [9.17, 15) is 0 Å². The molecular formula is C24H19PS2Si. The van der Waals surface area contributed by atoms with Gasteiger partial charge in [0.2, 0.25) is 0 Å². The van der Waals surface area contributed by atoms with Crippen LogP contribution in [0.3, 0.4) is 0 Å². The molecule has 2 aromatic heterocycles. The smallest absolute Gasteiger partial charge is 0.139 e. The van der Waals surface area contributed by atoms with Gasteiger partial charge in [0.15, 0.2) is 0 Å². The largest absolute Gasteiger partial charge is 0.144 e. The van der Waals surface area contributed by atoms with E-state index in [-0.39, 0.29) is 0 Å². The lowest BCUT2D eigenvalue weighted by Crippen LogP contribution is -2.63. The first-order valence-corrected chi connectivity index (χ1v) is 15.5. The van der Waals surface area contributed by atoms with Crippen LogP contribution in [0.2, 0.25) is 13.1 Å². The summed E-state index contributed by atoms with van der Waals surface area (Å²) in [5, 5.41) is 7.75. The lowest BCUT2D eigenvalue weighted by atomic mass is 10.3. The monoisotopic (exact) mass is 430 g/mol. The van der Waals surface area contributed by atoms with Gasteiger partial charge in [-0.1, -0.05) is 79.8 Å². The van der Waals surface area contributed by atoms with Crippen molar-refractivity contribution < 1.29 is 0 Å². The molecule has 0 saturated carbocycles. The average Bonchev–Trinajstić information content (AvgIpc) is 3.30. The molecule has 0 amide bonds. The van der Waals surface area contributed by atoms with E-state index in [0.717, 1.165) is 0 Å². The Morgan fingerprint density at radius 3 is 1.61 bits per heavy atom. The van der Waals surface area contributed by atoms with Crippen molar-refractivity contribution in [3.05, 3.63) is 78.9 Å². The second-order valence-electron chi connectivity index (χ2n) is 7.85. The second-order valence-corrected chi connectivity index (χ2v) is 17.0. The van der Waals surface area contributed by atoms with Gasteiger partial charge >= 0.3 is 0 Å². The Labute approximate surface area is 175 Å². The zero-order valence-corrected chi connectivity index (χ0v) is 19.3. The van der Waals surface area contributed by atoms with Crippen molar-refractivity contribution in [2.75, 3.05) is 0 Å². The second kappa shape index (κ2) is 6.11. The number of thiophene rings is 2. The Balaban J connectivity index is 1.80. The molecule has 3 heterocycles. The third kappa shape index (κ3) is 2.25. The summed E-state index contributed by atoms with van der Waals surface area (Å²) < 4.78 is 6.30. The Morgan fingerprint density at radius 1 is 0.607 bits per heavy atom. The highest BCUT2D eigenvalue weighted by molar-refractivity contribution is 7.84. The summed E-state index contributed by atoms with van der Waals surface area (Å²) in [6.45, 7) is 5.13. The van der Waals surface area contributed by atoms with Crippen LogP contribution in [0, 0.1) is 0 Å². The van der Waals surface area contributed by atoms with Gasteiger partial charge in [0, 0.05) is 39.8 Å². The SMILES string of the molecule is C[Si]1(C)c2sc3ccccc3c2P(c2ccccc2)c2c1sc1ccccc21. The molecule has 3 aromatic carbocycles. The Hall–Kier alpha value is -1.77. The fourth-order valence-corrected chi connectivity index (χ4v) is 17.1. The third-order valence-corrected chi connectivity index (χ3v) is 17.5. The van der Waals surface area contributed by atoms with Crippen molar-refractivity contribution in [1.82, 2.24) is 0 Å². The summed E-state index contributed by atoms with van der Waals surface area (Å²) in [5.41, 5.74) is 0. The van der Waals surface area contributed by atoms with Gasteiger partial charge in [0.05, 0.1) is 0 Å². The molecule has 0 bridgehead atoms. The van der Waals surface area contributed by atoms with E-state index in [2.05, 4.69) is 115 Å². The van der Waals surface area contributed by atoms with Crippen LogP contribution in [-0.2, 0) is 0 Å². The number of fused-ring (bicyclic) bond motifs is 6. The van der Waals surface area contributed by atoms with E-state index in [1.807, 2.05) is 0 Å². The Morgan fingerprint density at radius 2 is 1.07 bits per heavy atom. The Kier molecular flexibility index (Phi) is 3.74. The summed E-state index contributed by atoms with van der Waals surface area (Å²) in [5.74, 6) is 0. The minimum Gasteiger partial charge on any atom is -0.144 e. The highest BCUT2D eigenvalue weighted by Gasteiger charge is 2.44. The maximum absolute atomic E-state index is 2.56. The minimum absolute atomic E-state index is 0.527. The van der Waals surface area contributed by atoms with Crippen LogP contribution in [0.1, 0.15) is 0 Å². The molecule has 1 aliphatic rings. The van der Waals surface area contributed by atoms with E-state index in [0.29, 0.717) is 0 Å². The molecule has 4 heteroatoms. The molecule has 0 atom stereocenters. The van der Waals surface area contributed by atoms with Crippen molar-refractivity contribution in [2.45, 2.75) is 13.1 Å². The lowest BCUT2D eigenvalue weighted by molar-refractivity contribution is 1.77. The molecule has 0 radical (unpaired) electrons. The minimum atomic E-state index is -1.72. The molecule has 0 spiro atoms. The van der Waals surface area contributed by atoms with E-state index in [1.54, 1.807) is 19.6 Å². The molecule has 0 aliphatic carbocycles. The summed E-state index contributed by atoms with van der Waals surface area (Å²) in [7, 11) is -2.25. The summed E-state index contributed by atoms with van der Waals surface area (Å²) >= 11 is 4.13. The summed E-state index contributed by atoms with van der Waals surface area (Å²) in [4.78, 5) is 0. The number of benzene rings is 3. The van der Waals surface area contributed by atoms with Gasteiger partial charge in [0.1, 0.15) is 8.07 Å². The topological polar surface area (TPSA) is 0 Å². The number of rotatable bonds is 1. The number of hydrogen-bond acceptors (Lipinski definition) is 2. The predicted molar refractivity (Wildman–Crippen MR) is 133 cm³/mol. The molecule has 1 aliphatic heterocycles. The molecule has 0 fully saturated rings. The normalized spacial score (nSPS) is 15.6. The molecule has 6 rings (SSSR count). The fourth-order valence-electron chi connectivity index (χ4n) is 4.41. The van der Waals surface area contributed by atoms with Gasteiger partial charge in [-0.2, -0.15) is 0 Å². The third-order valence-electron chi connectivity index (χ3n) is 5.74. The molecular weight excluding hydrogens is 411 g/mol. The fraction of sp³-hybridized carbons (Fsp3) is 0.0833. The van der Waals surface area contributed by atoms with Gasteiger partial charge < -0.3 is 0 Å². The van der Waals surface area contributed by atoms with Crippen molar-refractivity contribution in [1.29, 1.82) is 0 Å². The van der Waals surface area contributed by atoms with Gasteiger partial charge in [-0.25, -0.2) is 0 Å². The van der Waals surface area contributed by atoms with Gasteiger partial charge in [-0.05, 0) is 25.4 Å². The quantitative estimate of drug-likeness (QED) is 0.259. The zero-order valence-electron chi connectivity index (χ0n) is 15.8. The van der Waals surface area contributed by atoms with Crippen LogP contribution in [0.4, 0.5) is 0 Å². The van der Waals surface area contributed by atoms with Crippen LogP contribution < -0.4 is 24.9 Å². The first-order chi connectivity index (χ1) is 13.7. The van der Waals surface area contributed by atoms with Crippen molar-refractivity contribution in [2.24, 2.45) is 0 Å². The van der Waals surface area contributed by atoms with Crippen LogP contribution in [0.5, 0.6) is 0 Å². The molecule has 0 saturated heterocycles. The van der Waals surface area contributed by atoms with Crippen LogP contribution in [-0.4, -0.2) is 8.07 Å². The lowest BCUT2D eigenvalue weighted by Gasteiger charge is -2.34. The molecule has 0 nitrogen and oxygen atoms in total. The van der Waals surface area contributed by atoms with Crippen molar-refractivity contribution in [3.8, 4) is 0 Å². The molecule has 0 unspecified atom stereocenters. The van der Waals surface area contributed by atoms with Gasteiger partial charge in [-0.15, -0.1) is 22.7 Å². The molecule has 0 N–H and O–H groups in total. The maximum Gasteiger partial charge on any atom is 0.139 e. The average molecular weight is 431 g/mol. The highest BCUT2D eigenvalue weighted by atomic mass is 32.1. The first kappa shape index (κ1) is 17.1. The summed E-state index contributed by atoms with van der Waals surface area (Å²) in [6.07, 6.45) is 0. The Bertz CT molecular complexity index is 1260. The maximum atomic E-state index is 2.56. The molecule has 28 heavy (non-hydrogen) atoms. The number of hydrogen-bond donors (Lipinski definition) is 0. The van der Waals surface area contributed by atoms with Crippen LogP contribution in [0.25, 0.3) is 20.2 Å². The standard InChI is InChI=1S/C24H19PS2Si/c1-28(2)23-21(17-12-6-8-14-19(17)26-23)25(16-10-4-3-5-11-16)22-18-13-7-9-15-20(18)27-24(22)28/h3-15H,1-2H3. The molecule has 5 aromatic rings. The van der Waals surface area contributed by atoms with E-state index < -0.39 is 16.0 Å². The van der Waals surface area contributed by atoms with Gasteiger partial charge in [0.25, 0.3) is 0 Å².